The van der Waals surface area contributed by atoms with Gasteiger partial charge >= 0.3 is 0 Å². The van der Waals surface area contributed by atoms with Gasteiger partial charge in [-0.05, 0) is 30.7 Å². The fourth-order valence-corrected chi connectivity index (χ4v) is 4.66. The van der Waals surface area contributed by atoms with Gasteiger partial charge in [0.05, 0.1) is 5.56 Å². The summed E-state index contributed by atoms with van der Waals surface area (Å²) in [6.45, 7) is 7.35. The van der Waals surface area contributed by atoms with Crippen molar-refractivity contribution in [1.29, 1.82) is 0 Å². The highest BCUT2D eigenvalue weighted by atomic mass is 32.2. The zero-order valence-electron chi connectivity index (χ0n) is 12.0. The number of nitrogens with zero attached hydrogens (tertiary/aromatic N) is 1. The van der Waals surface area contributed by atoms with E-state index in [0.29, 0.717) is 17.7 Å². The molecule has 5 nitrogen and oxygen atoms in total. The molecule has 0 spiro atoms. The standard InChI is InChI=1S/C13H20N2O3S2/c1-9-10(7-19-12(9)20(14,17)18)11(16)15-6-4-5-13(2,3)8-15/h7H,4-6,8H2,1-3H3,(H2,14,17,18). The summed E-state index contributed by atoms with van der Waals surface area (Å²) in [6, 6.07) is 0. The van der Waals surface area contributed by atoms with Crippen LogP contribution in [-0.4, -0.2) is 32.3 Å². The van der Waals surface area contributed by atoms with Gasteiger partial charge in [-0.25, -0.2) is 13.6 Å². The normalized spacial score (nSPS) is 19.1. The van der Waals surface area contributed by atoms with Crippen molar-refractivity contribution >= 4 is 27.3 Å². The highest BCUT2D eigenvalue weighted by Crippen LogP contribution is 2.31. The number of likely N-dealkylation sites (tertiary alicyclic amines) is 1. The van der Waals surface area contributed by atoms with E-state index in [9.17, 15) is 13.2 Å². The first-order valence-corrected chi connectivity index (χ1v) is 8.94. The van der Waals surface area contributed by atoms with Crippen LogP contribution in [0.15, 0.2) is 9.59 Å². The van der Waals surface area contributed by atoms with E-state index in [1.54, 1.807) is 12.3 Å². The van der Waals surface area contributed by atoms with Crippen molar-refractivity contribution in [3.8, 4) is 0 Å². The summed E-state index contributed by atoms with van der Waals surface area (Å²) < 4.78 is 22.9. The molecular weight excluding hydrogens is 296 g/mol. The van der Waals surface area contributed by atoms with Gasteiger partial charge in [0, 0.05) is 18.5 Å². The molecule has 2 N–H and O–H groups in total. The number of thiophene rings is 1. The third-order valence-electron chi connectivity index (χ3n) is 3.67. The molecular formula is C13H20N2O3S2. The Kier molecular flexibility index (Phi) is 3.96. The fourth-order valence-electron chi connectivity index (χ4n) is 2.66. The Bertz CT molecular complexity index is 632. The first-order chi connectivity index (χ1) is 9.12. The predicted molar refractivity (Wildman–Crippen MR) is 79.3 cm³/mol. The van der Waals surface area contributed by atoms with E-state index < -0.39 is 10.0 Å². The van der Waals surface area contributed by atoms with E-state index in [0.717, 1.165) is 30.7 Å². The Hall–Kier alpha value is -0.920. The second kappa shape index (κ2) is 5.13. The van der Waals surface area contributed by atoms with Gasteiger partial charge in [-0.3, -0.25) is 4.79 Å². The molecule has 1 aromatic heterocycles. The molecule has 2 heterocycles. The van der Waals surface area contributed by atoms with E-state index in [2.05, 4.69) is 13.8 Å². The molecule has 20 heavy (non-hydrogen) atoms. The number of nitrogens with two attached hydrogens (primary N) is 1. The maximum atomic E-state index is 12.5. The van der Waals surface area contributed by atoms with E-state index in [4.69, 9.17) is 5.14 Å². The van der Waals surface area contributed by atoms with Gasteiger partial charge in [-0.1, -0.05) is 13.8 Å². The van der Waals surface area contributed by atoms with Crippen LogP contribution in [0.2, 0.25) is 0 Å². The molecule has 1 fully saturated rings. The second-order valence-electron chi connectivity index (χ2n) is 6.10. The van der Waals surface area contributed by atoms with Crippen molar-refractivity contribution in [2.75, 3.05) is 13.1 Å². The SMILES string of the molecule is Cc1c(C(=O)N2CCCC(C)(C)C2)csc1S(N)(=O)=O. The second-order valence-corrected chi connectivity index (χ2v) is 8.74. The summed E-state index contributed by atoms with van der Waals surface area (Å²) >= 11 is 1.01. The molecule has 112 valence electrons. The molecule has 2 rings (SSSR count). The van der Waals surface area contributed by atoms with Crippen LogP contribution >= 0.6 is 11.3 Å². The Morgan fingerprint density at radius 1 is 1.45 bits per heavy atom. The summed E-state index contributed by atoms with van der Waals surface area (Å²) in [4.78, 5) is 14.4. The van der Waals surface area contributed by atoms with Gasteiger partial charge in [0.2, 0.25) is 10.0 Å². The topological polar surface area (TPSA) is 80.5 Å². The van der Waals surface area contributed by atoms with Gasteiger partial charge in [0.15, 0.2) is 0 Å². The Balaban J connectivity index is 2.29. The van der Waals surface area contributed by atoms with Gasteiger partial charge in [-0.15, -0.1) is 11.3 Å². The lowest BCUT2D eigenvalue weighted by Gasteiger charge is -2.38. The number of primary sulfonamides is 1. The van der Waals surface area contributed by atoms with Gasteiger partial charge < -0.3 is 4.90 Å². The molecule has 1 aliphatic heterocycles. The average Bonchev–Trinajstić information content (AvgIpc) is 2.68. The first kappa shape index (κ1) is 15.5. The molecule has 0 aromatic carbocycles. The molecule has 1 amide bonds. The Labute approximate surface area is 123 Å². The molecule has 0 bridgehead atoms. The molecule has 1 aliphatic rings. The number of hydrogen-bond donors (Lipinski definition) is 1. The van der Waals surface area contributed by atoms with Crippen molar-refractivity contribution < 1.29 is 13.2 Å². The minimum atomic E-state index is -3.75. The highest BCUT2D eigenvalue weighted by Gasteiger charge is 2.31. The van der Waals surface area contributed by atoms with Crippen LogP contribution in [0.5, 0.6) is 0 Å². The van der Waals surface area contributed by atoms with Gasteiger partial charge in [0.1, 0.15) is 4.21 Å². The minimum Gasteiger partial charge on any atom is -0.338 e. The molecule has 0 aliphatic carbocycles. The van der Waals surface area contributed by atoms with E-state index >= 15 is 0 Å². The predicted octanol–water partition coefficient (Wildman–Crippen LogP) is 1.97. The zero-order valence-corrected chi connectivity index (χ0v) is 13.6. The molecule has 0 unspecified atom stereocenters. The van der Waals surface area contributed by atoms with E-state index in [1.807, 2.05) is 4.90 Å². The fraction of sp³-hybridized carbons (Fsp3) is 0.615. The number of sulfonamides is 1. The smallest absolute Gasteiger partial charge is 0.255 e. The summed E-state index contributed by atoms with van der Waals surface area (Å²) in [5.41, 5.74) is 1.03. The largest absolute Gasteiger partial charge is 0.338 e. The molecule has 0 saturated carbocycles. The van der Waals surface area contributed by atoms with Crippen LogP contribution < -0.4 is 5.14 Å². The van der Waals surface area contributed by atoms with E-state index in [1.165, 1.54) is 0 Å². The van der Waals surface area contributed by atoms with Crippen molar-refractivity contribution in [3.63, 3.8) is 0 Å². The van der Waals surface area contributed by atoms with Gasteiger partial charge in [0.25, 0.3) is 5.91 Å². The lowest BCUT2D eigenvalue weighted by atomic mass is 9.84. The Morgan fingerprint density at radius 3 is 2.60 bits per heavy atom. The van der Waals surface area contributed by atoms with Crippen molar-refractivity contribution in [2.45, 2.75) is 37.8 Å². The van der Waals surface area contributed by atoms with Crippen LogP contribution in [0.1, 0.15) is 42.6 Å². The number of hydrogen-bond acceptors (Lipinski definition) is 4. The lowest BCUT2D eigenvalue weighted by molar-refractivity contribution is 0.0583. The number of carbonyl (C=O) groups excluding carboxylic acids is 1. The summed E-state index contributed by atoms with van der Waals surface area (Å²) in [5, 5.41) is 6.75. The third-order valence-corrected chi connectivity index (χ3v) is 6.35. The zero-order chi connectivity index (χ0) is 15.1. The lowest BCUT2D eigenvalue weighted by Crippen LogP contribution is -2.43. The summed E-state index contributed by atoms with van der Waals surface area (Å²) in [7, 11) is -3.75. The number of carbonyl (C=O) groups is 1. The average molecular weight is 316 g/mol. The minimum absolute atomic E-state index is 0.0807. The quantitative estimate of drug-likeness (QED) is 0.905. The third kappa shape index (κ3) is 3.05. The highest BCUT2D eigenvalue weighted by molar-refractivity contribution is 7.91. The van der Waals surface area contributed by atoms with Crippen molar-refractivity contribution in [3.05, 3.63) is 16.5 Å². The van der Waals surface area contributed by atoms with Crippen LogP contribution in [0.3, 0.4) is 0 Å². The van der Waals surface area contributed by atoms with Crippen LogP contribution in [-0.2, 0) is 10.0 Å². The molecule has 1 aromatic rings. The molecule has 7 heteroatoms. The molecule has 1 saturated heterocycles. The Morgan fingerprint density at radius 2 is 2.10 bits per heavy atom. The number of amides is 1. The van der Waals surface area contributed by atoms with Crippen LogP contribution in [0, 0.1) is 12.3 Å². The summed E-state index contributed by atoms with van der Waals surface area (Å²) in [5.74, 6) is -0.0959. The maximum absolute atomic E-state index is 12.5. The van der Waals surface area contributed by atoms with E-state index in [-0.39, 0.29) is 15.5 Å². The first-order valence-electron chi connectivity index (χ1n) is 6.52. The summed E-state index contributed by atoms with van der Waals surface area (Å²) in [6.07, 6.45) is 2.08. The number of piperidine rings is 1. The molecule has 0 radical (unpaired) electrons. The van der Waals surface area contributed by atoms with Crippen molar-refractivity contribution in [1.82, 2.24) is 4.90 Å². The molecule has 0 atom stereocenters. The van der Waals surface area contributed by atoms with Crippen molar-refractivity contribution in [2.24, 2.45) is 10.6 Å². The number of rotatable bonds is 2. The monoisotopic (exact) mass is 316 g/mol. The van der Waals surface area contributed by atoms with Gasteiger partial charge in [-0.2, -0.15) is 0 Å². The maximum Gasteiger partial charge on any atom is 0.255 e. The van der Waals surface area contributed by atoms with Crippen LogP contribution in [0.4, 0.5) is 0 Å². The van der Waals surface area contributed by atoms with Crippen LogP contribution in [0.25, 0.3) is 0 Å².